The number of anilines is 1. The lowest BCUT2D eigenvalue weighted by atomic mass is 10.2. The van der Waals surface area contributed by atoms with Crippen molar-refractivity contribution in [2.75, 3.05) is 5.32 Å². The first kappa shape index (κ1) is 13.2. The number of hydrogen-bond acceptors (Lipinski definition) is 6. The van der Waals surface area contributed by atoms with Gasteiger partial charge in [-0.3, -0.25) is 25.3 Å². The largest absolute Gasteiger partial charge is 0.319 e. The first-order chi connectivity index (χ1) is 10.0. The highest BCUT2D eigenvalue weighted by atomic mass is 32.1. The lowest BCUT2D eigenvalue weighted by Gasteiger charge is -1.97. The van der Waals surface area contributed by atoms with E-state index in [0.717, 1.165) is 22.0 Å². The molecule has 0 bridgehead atoms. The standard InChI is InChI=1S/C12H9N5O3S/c1-6-2-3-7-9(4-6)21-12(14-7)15-11(18)10-8(17(19)20)5-13-16-10/h2-5H,1H3,(H,13,16)(H,14,15,18). The third-order valence-corrected chi connectivity index (χ3v) is 3.74. The first-order valence-electron chi connectivity index (χ1n) is 5.91. The van der Waals surface area contributed by atoms with Gasteiger partial charge in [0.15, 0.2) is 5.13 Å². The SMILES string of the molecule is Cc1ccc2nc(NC(=O)c3[nH]ncc3[N+](=O)[O-])sc2c1. The molecule has 1 aromatic carbocycles. The number of nitrogens with zero attached hydrogens (tertiary/aromatic N) is 3. The molecule has 0 saturated heterocycles. The molecule has 0 saturated carbocycles. The van der Waals surface area contributed by atoms with E-state index in [2.05, 4.69) is 20.5 Å². The van der Waals surface area contributed by atoms with Crippen LogP contribution < -0.4 is 5.32 Å². The van der Waals surface area contributed by atoms with E-state index in [4.69, 9.17) is 0 Å². The van der Waals surface area contributed by atoms with Gasteiger partial charge in [0.1, 0.15) is 6.20 Å². The molecule has 2 heterocycles. The second kappa shape index (κ2) is 4.94. The Labute approximate surface area is 122 Å². The minimum Gasteiger partial charge on any atom is -0.296 e. The fourth-order valence-electron chi connectivity index (χ4n) is 1.83. The number of thiazole rings is 1. The van der Waals surface area contributed by atoms with Crippen LogP contribution in [-0.2, 0) is 0 Å². The van der Waals surface area contributed by atoms with Gasteiger partial charge >= 0.3 is 5.69 Å². The van der Waals surface area contributed by atoms with Crippen molar-refractivity contribution in [2.45, 2.75) is 6.92 Å². The number of nitrogens with one attached hydrogen (secondary N) is 2. The third kappa shape index (κ3) is 2.46. The van der Waals surface area contributed by atoms with Crippen LogP contribution in [0.25, 0.3) is 10.2 Å². The summed E-state index contributed by atoms with van der Waals surface area (Å²) in [6, 6.07) is 5.74. The van der Waals surface area contributed by atoms with Crippen LogP contribution in [0.4, 0.5) is 10.8 Å². The van der Waals surface area contributed by atoms with Crippen LogP contribution in [0.5, 0.6) is 0 Å². The normalized spacial score (nSPS) is 10.7. The van der Waals surface area contributed by atoms with Crippen LogP contribution in [-0.4, -0.2) is 26.0 Å². The van der Waals surface area contributed by atoms with E-state index in [0.29, 0.717) is 5.13 Å². The van der Waals surface area contributed by atoms with Crippen LogP contribution in [0.2, 0.25) is 0 Å². The lowest BCUT2D eigenvalue weighted by molar-refractivity contribution is -0.385. The van der Waals surface area contributed by atoms with E-state index in [1.165, 1.54) is 11.3 Å². The second-order valence-electron chi connectivity index (χ2n) is 4.33. The van der Waals surface area contributed by atoms with E-state index in [9.17, 15) is 14.9 Å². The number of nitro groups is 1. The Bertz CT molecular complexity index is 854. The highest BCUT2D eigenvalue weighted by Crippen LogP contribution is 2.27. The molecule has 8 nitrogen and oxygen atoms in total. The molecule has 0 fully saturated rings. The highest BCUT2D eigenvalue weighted by Gasteiger charge is 2.23. The molecule has 0 unspecified atom stereocenters. The van der Waals surface area contributed by atoms with E-state index >= 15 is 0 Å². The molecule has 106 valence electrons. The van der Waals surface area contributed by atoms with E-state index in [1.54, 1.807) is 0 Å². The Balaban J connectivity index is 1.89. The molecule has 0 aliphatic rings. The van der Waals surface area contributed by atoms with Gasteiger partial charge in [0.05, 0.1) is 15.1 Å². The Kier molecular flexibility index (Phi) is 3.10. The van der Waals surface area contributed by atoms with Gasteiger partial charge in [-0.05, 0) is 24.6 Å². The molecule has 1 amide bonds. The van der Waals surface area contributed by atoms with Crippen molar-refractivity contribution in [1.82, 2.24) is 15.2 Å². The Hall–Kier alpha value is -2.81. The predicted molar refractivity (Wildman–Crippen MR) is 77.6 cm³/mol. The van der Waals surface area contributed by atoms with Crippen molar-refractivity contribution in [1.29, 1.82) is 0 Å². The molecule has 0 atom stereocenters. The topological polar surface area (TPSA) is 114 Å². The summed E-state index contributed by atoms with van der Waals surface area (Å²) in [5.74, 6) is -0.644. The Morgan fingerprint density at radius 2 is 2.29 bits per heavy atom. The van der Waals surface area contributed by atoms with E-state index < -0.39 is 10.8 Å². The molecule has 0 aliphatic carbocycles. The molecular formula is C12H9N5O3S. The van der Waals surface area contributed by atoms with Crippen molar-refractivity contribution in [2.24, 2.45) is 0 Å². The van der Waals surface area contributed by atoms with Crippen LogP contribution in [0.15, 0.2) is 24.4 Å². The minimum absolute atomic E-state index is 0.199. The predicted octanol–water partition coefficient (Wildman–Crippen LogP) is 2.49. The average molecular weight is 303 g/mol. The molecule has 0 aliphatic heterocycles. The summed E-state index contributed by atoms with van der Waals surface area (Å²) in [7, 11) is 0. The fourth-order valence-corrected chi connectivity index (χ4v) is 2.79. The van der Waals surface area contributed by atoms with Crippen LogP contribution in [0.3, 0.4) is 0 Å². The molecule has 9 heteroatoms. The lowest BCUT2D eigenvalue weighted by Crippen LogP contribution is -2.13. The molecule has 3 aromatic rings. The number of rotatable bonds is 3. The number of carbonyl (C=O) groups excluding carboxylic acids is 1. The van der Waals surface area contributed by atoms with Crippen LogP contribution in [0.1, 0.15) is 16.1 Å². The molecule has 2 aromatic heterocycles. The number of aryl methyl sites for hydroxylation is 1. The monoisotopic (exact) mass is 303 g/mol. The maximum absolute atomic E-state index is 12.0. The quantitative estimate of drug-likeness (QED) is 0.570. The van der Waals surface area contributed by atoms with Gasteiger partial charge in [-0.1, -0.05) is 17.4 Å². The second-order valence-corrected chi connectivity index (χ2v) is 5.36. The first-order valence-corrected chi connectivity index (χ1v) is 6.72. The summed E-state index contributed by atoms with van der Waals surface area (Å²) in [5.41, 5.74) is 1.29. The van der Waals surface area contributed by atoms with Crippen molar-refractivity contribution >= 4 is 38.3 Å². The van der Waals surface area contributed by atoms with Crippen molar-refractivity contribution in [3.8, 4) is 0 Å². The number of aromatic amines is 1. The molecule has 2 N–H and O–H groups in total. The Morgan fingerprint density at radius 3 is 3.05 bits per heavy atom. The van der Waals surface area contributed by atoms with Crippen LogP contribution in [0, 0.1) is 17.0 Å². The summed E-state index contributed by atoms with van der Waals surface area (Å²) in [5, 5.41) is 19.5. The highest BCUT2D eigenvalue weighted by molar-refractivity contribution is 7.22. The zero-order valence-corrected chi connectivity index (χ0v) is 11.6. The van der Waals surface area contributed by atoms with Gasteiger partial charge in [0.25, 0.3) is 5.91 Å². The zero-order valence-electron chi connectivity index (χ0n) is 10.8. The number of carbonyl (C=O) groups is 1. The average Bonchev–Trinajstić information content (AvgIpc) is 3.03. The molecule has 0 radical (unpaired) electrons. The zero-order chi connectivity index (χ0) is 15.0. The van der Waals surface area contributed by atoms with E-state index in [-0.39, 0.29) is 11.4 Å². The Morgan fingerprint density at radius 1 is 1.48 bits per heavy atom. The number of benzene rings is 1. The van der Waals surface area contributed by atoms with Crippen molar-refractivity contribution < 1.29 is 9.72 Å². The minimum atomic E-state index is -0.667. The summed E-state index contributed by atoms with van der Waals surface area (Å²) in [6.45, 7) is 1.96. The van der Waals surface area contributed by atoms with Crippen LogP contribution >= 0.6 is 11.3 Å². The maximum Gasteiger partial charge on any atom is 0.319 e. The van der Waals surface area contributed by atoms with Gasteiger partial charge in [-0.15, -0.1) is 0 Å². The van der Waals surface area contributed by atoms with Gasteiger partial charge in [0.2, 0.25) is 5.69 Å². The molecule has 3 rings (SSSR count). The number of hydrogen-bond donors (Lipinski definition) is 2. The summed E-state index contributed by atoms with van der Waals surface area (Å²) in [4.78, 5) is 26.4. The van der Waals surface area contributed by atoms with Gasteiger partial charge in [-0.25, -0.2) is 4.98 Å². The summed E-state index contributed by atoms with van der Waals surface area (Å²) < 4.78 is 0.935. The van der Waals surface area contributed by atoms with Gasteiger partial charge in [0, 0.05) is 0 Å². The maximum atomic E-state index is 12.0. The molecule has 21 heavy (non-hydrogen) atoms. The number of amides is 1. The summed E-state index contributed by atoms with van der Waals surface area (Å²) >= 11 is 1.30. The smallest absolute Gasteiger partial charge is 0.296 e. The molecular weight excluding hydrogens is 294 g/mol. The number of aromatic nitrogens is 3. The number of fused-ring (bicyclic) bond motifs is 1. The fraction of sp³-hybridized carbons (Fsp3) is 0.0833. The number of H-pyrrole nitrogens is 1. The van der Waals surface area contributed by atoms with E-state index in [1.807, 2.05) is 25.1 Å². The molecule has 0 spiro atoms. The van der Waals surface area contributed by atoms with Crippen molar-refractivity contribution in [3.63, 3.8) is 0 Å². The van der Waals surface area contributed by atoms with Crippen molar-refractivity contribution in [3.05, 3.63) is 45.8 Å². The summed E-state index contributed by atoms with van der Waals surface area (Å²) in [6.07, 6.45) is 0.997. The van der Waals surface area contributed by atoms with Gasteiger partial charge < -0.3 is 0 Å². The van der Waals surface area contributed by atoms with Gasteiger partial charge in [-0.2, -0.15) is 5.10 Å². The third-order valence-electron chi connectivity index (χ3n) is 2.81.